The Bertz CT molecular complexity index is 1290. The highest BCUT2D eigenvalue weighted by Crippen LogP contribution is 2.30. The molecule has 1 saturated heterocycles. The van der Waals surface area contributed by atoms with Gasteiger partial charge in [0.1, 0.15) is 0 Å². The average molecular weight is 454 g/mol. The van der Waals surface area contributed by atoms with E-state index >= 15 is 0 Å². The van der Waals surface area contributed by atoms with Crippen LogP contribution in [0.3, 0.4) is 0 Å². The van der Waals surface area contributed by atoms with Crippen LogP contribution in [0.25, 0.3) is 5.52 Å². The molecular formula is C27H27N5O2. The third kappa shape index (κ3) is 4.41. The summed E-state index contributed by atoms with van der Waals surface area (Å²) in [5.41, 5.74) is 4.20. The molecule has 4 aromatic rings. The van der Waals surface area contributed by atoms with Gasteiger partial charge in [-0.2, -0.15) is 5.10 Å². The molecule has 1 aromatic carbocycles. The SMILES string of the molecule is C[C@H](NC(=O)c1cnn2ccc(C3CCN(C(=O)c4ccccc4)CC3)cc12)c1cccnc1. The second kappa shape index (κ2) is 9.47. The van der Waals surface area contributed by atoms with Crippen LogP contribution in [0.15, 0.2) is 79.4 Å². The molecule has 1 aliphatic rings. The van der Waals surface area contributed by atoms with Gasteiger partial charge in [-0.3, -0.25) is 14.6 Å². The minimum absolute atomic E-state index is 0.0898. The molecule has 1 N–H and O–H groups in total. The van der Waals surface area contributed by atoms with Gasteiger partial charge in [-0.15, -0.1) is 0 Å². The highest BCUT2D eigenvalue weighted by molar-refractivity contribution is 6.00. The zero-order chi connectivity index (χ0) is 23.5. The summed E-state index contributed by atoms with van der Waals surface area (Å²) >= 11 is 0. The number of carbonyl (C=O) groups is 2. The lowest BCUT2D eigenvalue weighted by Gasteiger charge is -2.32. The Balaban J connectivity index is 1.29. The summed E-state index contributed by atoms with van der Waals surface area (Å²) in [5, 5.41) is 7.41. The number of hydrogen-bond donors (Lipinski definition) is 1. The second-order valence-corrected chi connectivity index (χ2v) is 8.76. The smallest absolute Gasteiger partial charge is 0.255 e. The number of carbonyl (C=O) groups excluding carboxylic acids is 2. The van der Waals surface area contributed by atoms with Crippen LogP contribution in [-0.2, 0) is 0 Å². The first-order chi connectivity index (χ1) is 16.6. The lowest BCUT2D eigenvalue weighted by molar-refractivity contribution is 0.0712. The van der Waals surface area contributed by atoms with Gasteiger partial charge in [-0.1, -0.05) is 24.3 Å². The fraction of sp³-hybridized carbons (Fsp3) is 0.259. The van der Waals surface area contributed by atoms with Crippen molar-refractivity contribution >= 4 is 17.3 Å². The van der Waals surface area contributed by atoms with Gasteiger partial charge in [-0.05, 0) is 67.1 Å². The number of pyridine rings is 2. The fourth-order valence-electron chi connectivity index (χ4n) is 4.59. The fourth-order valence-corrected chi connectivity index (χ4v) is 4.59. The summed E-state index contributed by atoms with van der Waals surface area (Å²) in [5.74, 6) is 0.267. The highest BCUT2D eigenvalue weighted by Gasteiger charge is 2.25. The summed E-state index contributed by atoms with van der Waals surface area (Å²) in [6.07, 6.45) is 8.78. The van der Waals surface area contributed by atoms with Crippen LogP contribution < -0.4 is 5.32 Å². The Morgan fingerprint density at radius 1 is 1.03 bits per heavy atom. The van der Waals surface area contributed by atoms with Crippen LogP contribution in [0, 0.1) is 0 Å². The van der Waals surface area contributed by atoms with Gasteiger partial charge in [0.25, 0.3) is 11.8 Å². The van der Waals surface area contributed by atoms with Crippen LogP contribution in [0.4, 0.5) is 0 Å². The standard InChI is InChI=1S/C27H27N5O2/c1-19(23-8-5-12-28-17-23)30-26(33)24-18-29-32-15-11-22(16-25(24)32)20-9-13-31(14-10-20)27(34)21-6-3-2-4-7-21/h2-8,11-12,15-20H,9-10,13-14H2,1H3,(H,30,33)/t19-/m0/s1. The predicted molar refractivity (Wildman–Crippen MR) is 130 cm³/mol. The molecule has 0 saturated carbocycles. The predicted octanol–water partition coefficient (Wildman–Crippen LogP) is 4.24. The van der Waals surface area contributed by atoms with E-state index in [-0.39, 0.29) is 17.9 Å². The Morgan fingerprint density at radius 3 is 2.56 bits per heavy atom. The van der Waals surface area contributed by atoms with Gasteiger partial charge in [0, 0.05) is 37.2 Å². The van der Waals surface area contributed by atoms with Crippen molar-refractivity contribution in [3.8, 4) is 0 Å². The van der Waals surface area contributed by atoms with E-state index in [0.717, 1.165) is 42.6 Å². The number of rotatable bonds is 5. The molecule has 0 radical (unpaired) electrons. The molecule has 4 heterocycles. The molecule has 5 rings (SSSR count). The number of piperidine rings is 1. The number of amides is 2. The van der Waals surface area contributed by atoms with Crippen molar-refractivity contribution in [2.75, 3.05) is 13.1 Å². The summed E-state index contributed by atoms with van der Waals surface area (Å²) in [7, 11) is 0. The lowest BCUT2D eigenvalue weighted by atomic mass is 9.89. The molecule has 2 amide bonds. The van der Waals surface area contributed by atoms with Gasteiger partial charge in [0.2, 0.25) is 0 Å². The molecule has 0 bridgehead atoms. The molecule has 1 aliphatic heterocycles. The van der Waals surface area contributed by atoms with E-state index in [1.807, 2.05) is 60.5 Å². The molecule has 0 spiro atoms. The van der Waals surface area contributed by atoms with Crippen LogP contribution in [-0.4, -0.2) is 44.4 Å². The van der Waals surface area contributed by atoms with Crippen molar-refractivity contribution in [1.29, 1.82) is 0 Å². The van der Waals surface area contributed by atoms with Crippen molar-refractivity contribution in [3.05, 3.63) is 102 Å². The van der Waals surface area contributed by atoms with Crippen molar-refractivity contribution in [2.45, 2.75) is 31.7 Å². The largest absolute Gasteiger partial charge is 0.345 e. The Morgan fingerprint density at radius 2 is 1.82 bits per heavy atom. The van der Waals surface area contributed by atoms with Crippen LogP contribution in [0.5, 0.6) is 0 Å². The maximum absolute atomic E-state index is 13.0. The normalized spacial score (nSPS) is 15.3. The third-order valence-electron chi connectivity index (χ3n) is 6.60. The lowest BCUT2D eigenvalue weighted by Crippen LogP contribution is -2.37. The first kappa shape index (κ1) is 21.8. The second-order valence-electron chi connectivity index (χ2n) is 8.76. The molecule has 1 fully saturated rings. The number of likely N-dealkylation sites (tertiary alicyclic amines) is 1. The van der Waals surface area contributed by atoms with E-state index in [0.29, 0.717) is 11.5 Å². The molecule has 0 aliphatic carbocycles. The van der Waals surface area contributed by atoms with Crippen molar-refractivity contribution in [2.24, 2.45) is 0 Å². The Labute approximate surface area is 198 Å². The van der Waals surface area contributed by atoms with Crippen molar-refractivity contribution in [3.63, 3.8) is 0 Å². The van der Waals surface area contributed by atoms with Gasteiger partial charge in [0.05, 0.1) is 23.3 Å². The maximum atomic E-state index is 13.0. The molecular weight excluding hydrogens is 426 g/mol. The first-order valence-electron chi connectivity index (χ1n) is 11.6. The summed E-state index contributed by atoms with van der Waals surface area (Å²) < 4.78 is 1.74. The summed E-state index contributed by atoms with van der Waals surface area (Å²) in [4.78, 5) is 31.8. The van der Waals surface area contributed by atoms with Crippen LogP contribution in [0.1, 0.15) is 63.6 Å². The summed E-state index contributed by atoms with van der Waals surface area (Å²) in [6, 6.07) is 17.2. The number of nitrogens with zero attached hydrogens (tertiary/aromatic N) is 4. The molecule has 3 aromatic heterocycles. The van der Waals surface area contributed by atoms with Crippen LogP contribution in [0.2, 0.25) is 0 Å². The average Bonchev–Trinajstić information content (AvgIpc) is 3.33. The quantitative estimate of drug-likeness (QED) is 0.490. The molecule has 1 atom stereocenters. The van der Waals surface area contributed by atoms with E-state index in [2.05, 4.69) is 27.5 Å². The number of hydrogen-bond acceptors (Lipinski definition) is 4. The zero-order valence-corrected chi connectivity index (χ0v) is 19.1. The number of aromatic nitrogens is 3. The molecule has 34 heavy (non-hydrogen) atoms. The summed E-state index contributed by atoms with van der Waals surface area (Å²) in [6.45, 7) is 3.38. The number of nitrogens with one attached hydrogen (secondary N) is 1. The minimum Gasteiger partial charge on any atom is -0.345 e. The monoisotopic (exact) mass is 453 g/mol. The third-order valence-corrected chi connectivity index (χ3v) is 6.60. The van der Waals surface area contributed by atoms with E-state index < -0.39 is 0 Å². The van der Waals surface area contributed by atoms with E-state index in [9.17, 15) is 9.59 Å². The topological polar surface area (TPSA) is 79.6 Å². The van der Waals surface area contributed by atoms with E-state index in [1.165, 1.54) is 5.56 Å². The molecule has 0 unspecified atom stereocenters. The van der Waals surface area contributed by atoms with Gasteiger partial charge < -0.3 is 10.2 Å². The number of benzene rings is 1. The Kier molecular flexibility index (Phi) is 6.08. The van der Waals surface area contributed by atoms with Gasteiger partial charge in [0.15, 0.2) is 0 Å². The maximum Gasteiger partial charge on any atom is 0.255 e. The Hall–Kier alpha value is -4.00. The molecule has 172 valence electrons. The molecule has 7 heteroatoms. The number of fused-ring (bicyclic) bond motifs is 1. The highest BCUT2D eigenvalue weighted by atomic mass is 16.2. The van der Waals surface area contributed by atoms with Gasteiger partial charge in [-0.25, -0.2) is 4.52 Å². The van der Waals surface area contributed by atoms with E-state index in [4.69, 9.17) is 0 Å². The molecule has 7 nitrogen and oxygen atoms in total. The van der Waals surface area contributed by atoms with Crippen LogP contribution >= 0.6 is 0 Å². The minimum atomic E-state index is -0.161. The van der Waals surface area contributed by atoms with E-state index in [1.54, 1.807) is 23.1 Å². The van der Waals surface area contributed by atoms with Crippen molar-refractivity contribution < 1.29 is 9.59 Å². The first-order valence-corrected chi connectivity index (χ1v) is 11.6. The zero-order valence-electron chi connectivity index (χ0n) is 19.1. The van der Waals surface area contributed by atoms with Crippen molar-refractivity contribution in [1.82, 2.24) is 24.8 Å². The van der Waals surface area contributed by atoms with Gasteiger partial charge >= 0.3 is 0 Å².